The number of rotatable bonds is 5. The summed E-state index contributed by atoms with van der Waals surface area (Å²) in [7, 11) is 0. The summed E-state index contributed by atoms with van der Waals surface area (Å²) in [6, 6.07) is 4.97. The minimum Gasteiger partial charge on any atom is -0.327 e. The molecule has 0 heterocycles. The summed E-state index contributed by atoms with van der Waals surface area (Å²) in [5.41, 5.74) is 7.25. The van der Waals surface area contributed by atoms with E-state index in [-0.39, 0.29) is 11.9 Å². The zero-order valence-electron chi connectivity index (χ0n) is 10.4. The summed E-state index contributed by atoms with van der Waals surface area (Å²) in [6.45, 7) is 0. The van der Waals surface area contributed by atoms with Crippen LogP contribution in [0, 0.1) is 5.82 Å². The Hall–Kier alpha value is -0.0600. The number of halogens is 2. The average Bonchev–Trinajstić information content (AvgIpc) is 2.83. The number of nitrogens with two attached hydrogens (primary N) is 1. The first kappa shape index (κ1) is 14.4. The van der Waals surface area contributed by atoms with E-state index in [0.29, 0.717) is 0 Å². The summed E-state index contributed by atoms with van der Waals surface area (Å²) < 4.78 is 13.8. The molecule has 0 spiro atoms. The summed E-state index contributed by atoms with van der Waals surface area (Å²) >= 11 is 5.40. The fourth-order valence-corrected chi connectivity index (χ4v) is 4.16. The van der Waals surface area contributed by atoms with Crippen molar-refractivity contribution >= 4 is 27.7 Å². The van der Waals surface area contributed by atoms with Crippen LogP contribution in [-0.4, -0.2) is 17.0 Å². The summed E-state index contributed by atoms with van der Waals surface area (Å²) in [4.78, 5) is 0. The lowest BCUT2D eigenvalue weighted by atomic mass is 10.1. The molecular formula is C14H19BrFNS. The van der Waals surface area contributed by atoms with E-state index in [1.807, 2.05) is 17.8 Å². The Kier molecular flexibility index (Phi) is 5.52. The van der Waals surface area contributed by atoms with Gasteiger partial charge in [-0.15, -0.1) is 0 Å². The molecule has 0 radical (unpaired) electrons. The first-order valence-corrected chi connectivity index (χ1v) is 8.30. The summed E-state index contributed by atoms with van der Waals surface area (Å²) in [6.07, 6.45) is 6.24. The molecule has 1 aromatic carbocycles. The van der Waals surface area contributed by atoms with Gasteiger partial charge in [0.15, 0.2) is 0 Å². The second-order valence-electron chi connectivity index (χ2n) is 4.94. The molecular weight excluding hydrogens is 313 g/mol. The highest BCUT2D eigenvalue weighted by Gasteiger charge is 2.17. The van der Waals surface area contributed by atoms with E-state index in [4.69, 9.17) is 5.73 Å². The third kappa shape index (κ3) is 4.25. The van der Waals surface area contributed by atoms with Crippen LogP contribution in [0.15, 0.2) is 22.7 Å². The SMILES string of the molecule is NC(CSC1CCCC1)Cc1ccc(F)cc1Br. The van der Waals surface area contributed by atoms with Crippen molar-refractivity contribution in [1.29, 1.82) is 0 Å². The third-order valence-corrected chi connectivity index (χ3v) is 5.65. The van der Waals surface area contributed by atoms with Gasteiger partial charge in [0.05, 0.1) is 0 Å². The van der Waals surface area contributed by atoms with Crippen LogP contribution in [0.4, 0.5) is 4.39 Å². The topological polar surface area (TPSA) is 26.0 Å². The smallest absolute Gasteiger partial charge is 0.124 e. The van der Waals surface area contributed by atoms with Crippen LogP contribution in [0.5, 0.6) is 0 Å². The molecule has 0 bridgehead atoms. The van der Waals surface area contributed by atoms with Crippen LogP contribution < -0.4 is 5.73 Å². The van der Waals surface area contributed by atoms with Crippen molar-refractivity contribution in [3.8, 4) is 0 Å². The van der Waals surface area contributed by atoms with Gasteiger partial charge in [0.1, 0.15) is 5.82 Å². The molecule has 0 aromatic heterocycles. The Labute approximate surface area is 121 Å². The number of hydrogen-bond acceptors (Lipinski definition) is 2. The maximum Gasteiger partial charge on any atom is 0.124 e. The molecule has 4 heteroatoms. The summed E-state index contributed by atoms with van der Waals surface area (Å²) in [5.74, 6) is 0.786. The van der Waals surface area contributed by atoms with Crippen LogP contribution in [0.25, 0.3) is 0 Å². The Bertz CT molecular complexity index is 393. The molecule has 0 aliphatic heterocycles. The normalized spacial score (nSPS) is 18.2. The minimum absolute atomic E-state index is 0.150. The Morgan fingerprint density at radius 2 is 2.11 bits per heavy atom. The Morgan fingerprint density at radius 1 is 1.39 bits per heavy atom. The van der Waals surface area contributed by atoms with Crippen LogP contribution in [0.1, 0.15) is 31.2 Å². The van der Waals surface area contributed by atoms with E-state index in [2.05, 4.69) is 15.9 Å². The molecule has 2 rings (SSSR count). The van der Waals surface area contributed by atoms with E-state index in [9.17, 15) is 4.39 Å². The lowest BCUT2D eigenvalue weighted by Gasteiger charge is -2.15. The highest BCUT2D eigenvalue weighted by molar-refractivity contribution is 9.10. The van der Waals surface area contributed by atoms with Crippen molar-refractivity contribution in [3.63, 3.8) is 0 Å². The van der Waals surface area contributed by atoms with Gasteiger partial charge < -0.3 is 5.73 Å². The first-order chi connectivity index (χ1) is 8.65. The van der Waals surface area contributed by atoms with E-state index in [0.717, 1.165) is 27.5 Å². The van der Waals surface area contributed by atoms with Crippen LogP contribution in [0.2, 0.25) is 0 Å². The molecule has 18 heavy (non-hydrogen) atoms. The van der Waals surface area contributed by atoms with E-state index >= 15 is 0 Å². The van der Waals surface area contributed by atoms with Gasteiger partial charge in [-0.2, -0.15) is 11.8 Å². The average molecular weight is 332 g/mol. The van der Waals surface area contributed by atoms with Gasteiger partial charge in [0, 0.05) is 21.5 Å². The van der Waals surface area contributed by atoms with Crippen LogP contribution in [-0.2, 0) is 6.42 Å². The largest absolute Gasteiger partial charge is 0.327 e. The van der Waals surface area contributed by atoms with E-state index in [1.165, 1.54) is 37.8 Å². The molecule has 1 fully saturated rings. The monoisotopic (exact) mass is 331 g/mol. The molecule has 1 atom stereocenters. The predicted octanol–water partition coefficient (Wildman–Crippen LogP) is 4.13. The number of thioether (sulfide) groups is 1. The zero-order valence-corrected chi connectivity index (χ0v) is 12.8. The fraction of sp³-hybridized carbons (Fsp3) is 0.571. The van der Waals surface area contributed by atoms with E-state index < -0.39 is 0 Å². The second-order valence-corrected chi connectivity index (χ2v) is 7.13. The van der Waals surface area contributed by atoms with Gasteiger partial charge in [-0.25, -0.2) is 4.39 Å². The van der Waals surface area contributed by atoms with Crippen LogP contribution in [0.3, 0.4) is 0 Å². The maximum absolute atomic E-state index is 13.0. The van der Waals surface area contributed by atoms with Gasteiger partial charge in [-0.3, -0.25) is 0 Å². The molecule has 1 nitrogen and oxygen atoms in total. The standard InChI is InChI=1S/C14H19BrFNS/c15-14-8-11(16)6-5-10(14)7-12(17)9-18-13-3-1-2-4-13/h5-6,8,12-13H,1-4,7,9,17H2. The molecule has 1 aliphatic rings. The Morgan fingerprint density at radius 3 is 2.78 bits per heavy atom. The fourth-order valence-electron chi connectivity index (χ4n) is 2.34. The van der Waals surface area contributed by atoms with Crippen molar-refractivity contribution in [2.24, 2.45) is 5.73 Å². The molecule has 1 aromatic rings. The molecule has 100 valence electrons. The van der Waals surface area contributed by atoms with Gasteiger partial charge >= 0.3 is 0 Å². The number of benzene rings is 1. The van der Waals surface area contributed by atoms with Gasteiger partial charge in [0.2, 0.25) is 0 Å². The highest BCUT2D eigenvalue weighted by atomic mass is 79.9. The third-order valence-electron chi connectivity index (χ3n) is 3.35. The van der Waals surface area contributed by atoms with Crippen molar-refractivity contribution < 1.29 is 4.39 Å². The second kappa shape index (κ2) is 6.92. The lowest BCUT2D eigenvalue weighted by molar-refractivity contribution is 0.624. The van der Waals surface area contributed by atoms with Gasteiger partial charge in [0.25, 0.3) is 0 Å². The van der Waals surface area contributed by atoms with Gasteiger partial charge in [-0.1, -0.05) is 34.8 Å². The first-order valence-electron chi connectivity index (χ1n) is 6.46. The molecule has 1 unspecified atom stereocenters. The molecule has 0 amide bonds. The summed E-state index contributed by atoms with van der Waals surface area (Å²) in [5, 5.41) is 0.813. The van der Waals surface area contributed by atoms with Crippen LogP contribution >= 0.6 is 27.7 Å². The quantitative estimate of drug-likeness (QED) is 0.877. The molecule has 1 saturated carbocycles. The minimum atomic E-state index is -0.209. The lowest BCUT2D eigenvalue weighted by Crippen LogP contribution is -2.26. The zero-order chi connectivity index (χ0) is 13.0. The predicted molar refractivity (Wildman–Crippen MR) is 80.5 cm³/mol. The number of hydrogen-bond donors (Lipinski definition) is 1. The van der Waals surface area contributed by atoms with Crippen molar-refractivity contribution in [1.82, 2.24) is 0 Å². The van der Waals surface area contributed by atoms with E-state index in [1.54, 1.807) is 0 Å². The highest BCUT2D eigenvalue weighted by Crippen LogP contribution is 2.30. The van der Waals surface area contributed by atoms with Crippen molar-refractivity contribution in [3.05, 3.63) is 34.1 Å². The molecule has 1 aliphatic carbocycles. The van der Waals surface area contributed by atoms with Crippen molar-refractivity contribution in [2.45, 2.75) is 43.4 Å². The maximum atomic E-state index is 13.0. The van der Waals surface area contributed by atoms with Gasteiger partial charge in [-0.05, 0) is 37.0 Å². The van der Waals surface area contributed by atoms with Crippen molar-refractivity contribution in [2.75, 3.05) is 5.75 Å². The molecule has 2 N–H and O–H groups in total. The Balaban J connectivity index is 1.80. The molecule has 0 saturated heterocycles.